The Labute approximate surface area is 187 Å². The quantitative estimate of drug-likeness (QED) is 0.179. The minimum absolute atomic E-state index is 0.440. The van der Waals surface area contributed by atoms with Gasteiger partial charge in [-0.1, -0.05) is 24.3 Å². The van der Waals surface area contributed by atoms with Crippen LogP contribution in [0.1, 0.15) is 11.1 Å². The highest BCUT2D eigenvalue weighted by atomic mass is 16.3. The summed E-state index contributed by atoms with van der Waals surface area (Å²) in [6.07, 6.45) is 0. The molecule has 160 valence electrons. The average molecular weight is 424 g/mol. The Balaban J connectivity index is 1.27. The molecule has 0 saturated heterocycles. The molecule has 0 unspecified atom stereocenters. The van der Waals surface area contributed by atoms with Crippen LogP contribution in [0.15, 0.2) is 102 Å². The molecule has 0 aromatic heterocycles. The zero-order chi connectivity index (χ0) is 22.2. The number of hydrogen-bond acceptors (Lipinski definition) is 6. The lowest BCUT2D eigenvalue weighted by Gasteiger charge is -2.11. The number of nitrogens with one attached hydrogen (secondary N) is 3. The molecular formula is C26H25N5O. The number of anilines is 5. The van der Waals surface area contributed by atoms with Gasteiger partial charge in [0.15, 0.2) is 0 Å². The summed E-state index contributed by atoms with van der Waals surface area (Å²) in [5.41, 5.74) is 13.3. The maximum absolute atomic E-state index is 10.5. The molecule has 5 N–H and O–H groups in total. The van der Waals surface area contributed by atoms with Crippen LogP contribution in [0.4, 0.5) is 34.1 Å². The topological polar surface area (TPSA) is 91.5 Å². The van der Waals surface area contributed by atoms with Crippen molar-refractivity contribution in [3.05, 3.63) is 113 Å². The Hall–Kier alpha value is -4.32. The molecule has 0 aliphatic rings. The zero-order valence-corrected chi connectivity index (χ0v) is 17.6. The Bertz CT molecular complexity index is 1140. The number of benzene rings is 4. The normalized spacial score (nSPS) is 10.4. The summed E-state index contributed by atoms with van der Waals surface area (Å²) in [5.74, 6) is 0. The first-order valence-corrected chi connectivity index (χ1v) is 10.4. The van der Waals surface area contributed by atoms with Gasteiger partial charge >= 0.3 is 0 Å². The molecule has 0 fully saturated rings. The Morgan fingerprint density at radius 2 is 0.969 bits per heavy atom. The second kappa shape index (κ2) is 10.1. The van der Waals surface area contributed by atoms with Gasteiger partial charge in [0.2, 0.25) is 0 Å². The first-order chi connectivity index (χ1) is 15.7. The van der Waals surface area contributed by atoms with E-state index in [2.05, 4.69) is 45.4 Å². The van der Waals surface area contributed by atoms with Crippen molar-refractivity contribution < 1.29 is 0 Å². The van der Waals surface area contributed by atoms with E-state index in [1.165, 1.54) is 5.56 Å². The predicted octanol–water partition coefficient (Wildman–Crippen LogP) is 6.63. The van der Waals surface area contributed by atoms with Gasteiger partial charge < -0.3 is 21.7 Å². The lowest BCUT2D eigenvalue weighted by atomic mass is 10.2. The van der Waals surface area contributed by atoms with Crippen molar-refractivity contribution in [1.29, 1.82) is 0 Å². The van der Waals surface area contributed by atoms with Crippen molar-refractivity contribution in [3.8, 4) is 0 Å². The van der Waals surface area contributed by atoms with Crippen molar-refractivity contribution in [2.45, 2.75) is 13.1 Å². The SMILES string of the molecule is Nc1ccc(CNc2ccc(Nc3ccc(NCc4ccc(N=O)cc4)cc3)cc2)cc1. The summed E-state index contributed by atoms with van der Waals surface area (Å²) in [6, 6.07) is 31.5. The van der Waals surface area contributed by atoms with Crippen LogP contribution in [0.5, 0.6) is 0 Å². The van der Waals surface area contributed by atoms with E-state index in [0.29, 0.717) is 12.2 Å². The summed E-state index contributed by atoms with van der Waals surface area (Å²) >= 11 is 0. The zero-order valence-electron chi connectivity index (χ0n) is 17.6. The molecule has 0 atom stereocenters. The van der Waals surface area contributed by atoms with Crippen LogP contribution < -0.4 is 21.7 Å². The van der Waals surface area contributed by atoms with Crippen molar-refractivity contribution in [3.63, 3.8) is 0 Å². The Morgan fingerprint density at radius 3 is 1.41 bits per heavy atom. The number of nitrogens with two attached hydrogens (primary N) is 1. The van der Waals surface area contributed by atoms with Gasteiger partial charge in [0.25, 0.3) is 0 Å². The third-order valence-electron chi connectivity index (χ3n) is 5.07. The first kappa shape index (κ1) is 20.9. The maximum atomic E-state index is 10.5. The van der Waals surface area contributed by atoms with Gasteiger partial charge in [-0.15, -0.1) is 4.91 Å². The average Bonchev–Trinajstić information content (AvgIpc) is 2.84. The monoisotopic (exact) mass is 423 g/mol. The third kappa shape index (κ3) is 5.86. The van der Waals surface area contributed by atoms with E-state index in [0.717, 1.165) is 40.5 Å². The van der Waals surface area contributed by atoms with Crippen LogP contribution in [-0.4, -0.2) is 0 Å². The highest BCUT2D eigenvalue weighted by molar-refractivity contribution is 5.64. The molecule has 6 nitrogen and oxygen atoms in total. The van der Waals surface area contributed by atoms with Gasteiger partial charge in [0.1, 0.15) is 5.69 Å². The number of nitroso groups, excluding NO2 is 1. The fourth-order valence-corrected chi connectivity index (χ4v) is 3.23. The molecule has 0 spiro atoms. The molecule has 0 bridgehead atoms. The Morgan fingerprint density at radius 1 is 0.562 bits per heavy atom. The molecule has 4 rings (SSSR count). The molecule has 0 heterocycles. The fraction of sp³-hybridized carbons (Fsp3) is 0.0769. The minimum Gasteiger partial charge on any atom is -0.399 e. The van der Waals surface area contributed by atoms with Gasteiger partial charge in [0.05, 0.1) is 0 Å². The van der Waals surface area contributed by atoms with Gasteiger partial charge in [-0.3, -0.25) is 0 Å². The van der Waals surface area contributed by atoms with Gasteiger partial charge in [-0.05, 0) is 89.1 Å². The second-order valence-electron chi connectivity index (χ2n) is 7.49. The van der Waals surface area contributed by atoms with Crippen LogP contribution in [0.25, 0.3) is 0 Å². The molecule has 32 heavy (non-hydrogen) atoms. The summed E-state index contributed by atoms with van der Waals surface area (Å²) in [4.78, 5) is 10.5. The Kier molecular flexibility index (Phi) is 6.63. The van der Waals surface area contributed by atoms with Crippen LogP contribution in [-0.2, 0) is 13.1 Å². The third-order valence-corrected chi connectivity index (χ3v) is 5.07. The smallest absolute Gasteiger partial charge is 0.108 e. The summed E-state index contributed by atoms with van der Waals surface area (Å²) < 4.78 is 0. The highest BCUT2D eigenvalue weighted by Crippen LogP contribution is 2.22. The summed E-state index contributed by atoms with van der Waals surface area (Å²) in [5, 5.41) is 13.1. The van der Waals surface area contributed by atoms with E-state index in [-0.39, 0.29) is 0 Å². The molecule has 0 aliphatic carbocycles. The van der Waals surface area contributed by atoms with E-state index in [9.17, 15) is 4.91 Å². The molecule has 0 saturated carbocycles. The molecule has 0 aliphatic heterocycles. The van der Waals surface area contributed by atoms with Gasteiger partial charge in [-0.25, -0.2) is 0 Å². The maximum Gasteiger partial charge on any atom is 0.108 e. The van der Waals surface area contributed by atoms with Crippen molar-refractivity contribution in [2.75, 3.05) is 21.7 Å². The minimum atomic E-state index is 0.440. The van der Waals surface area contributed by atoms with Crippen LogP contribution >= 0.6 is 0 Å². The lowest BCUT2D eigenvalue weighted by Crippen LogP contribution is -2.00. The van der Waals surface area contributed by atoms with Crippen molar-refractivity contribution in [1.82, 2.24) is 0 Å². The van der Waals surface area contributed by atoms with Gasteiger partial charge in [0, 0.05) is 41.5 Å². The van der Waals surface area contributed by atoms with Crippen LogP contribution in [0, 0.1) is 4.91 Å². The van der Waals surface area contributed by atoms with Crippen LogP contribution in [0.3, 0.4) is 0 Å². The number of nitrogens with zero attached hydrogens (tertiary/aromatic N) is 1. The van der Waals surface area contributed by atoms with E-state index in [4.69, 9.17) is 5.73 Å². The van der Waals surface area contributed by atoms with E-state index in [1.807, 2.05) is 60.7 Å². The fourth-order valence-electron chi connectivity index (χ4n) is 3.23. The highest BCUT2D eigenvalue weighted by Gasteiger charge is 1.99. The predicted molar refractivity (Wildman–Crippen MR) is 134 cm³/mol. The van der Waals surface area contributed by atoms with E-state index >= 15 is 0 Å². The largest absolute Gasteiger partial charge is 0.399 e. The molecule has 4 aromatic carbocycles. The second-order valence-corrected chi connectivity index (χ2v) is 7.49. The standard InChI is InChI=1S/C26H25N5O/c27-21-5-1-19(2-6-21)17-28-22-9-13-24(14-10-22)30-25-15-11-23(12-16-25)29-18-20-3-7-26(31-32)8-4-20/h1-16,28-30H,17-18,27H2. The van der Waals surface area contributed by atoms with E-state index in [1.54, 1.807) is 12.1 Å². The molecule has 0 amide bonds. The molecule has 0 radical (unpaired) electrons. The first-order valence-electron chi connectivity index (χ1n) is 10.4. The molecule has 4 aromatic rings. The van der Waals surface area contributed by atoms with Crippen molar-refractivity contribution in [2.24, 2.45) is 5.18 Å². The number of rotatable bonds is 9. The van der Waals surface area contributed by atoms with Gasteiger partial charge in [-0.2, -0.15) is 0 Å². The molecule has 6 heteroatoms. The summed E-state index contributed by atoms with van der Waals surface area (Å²) in [6.45, 7) is 1.43. The van der Waals surface area contributed by atoms with Crippen LogP contribution in [0.2, 0.25) is 0 Å². The van der Waals surface area contributed by atoms with Crippen molar-refractivity contribution >= 4 is 34.1 Å². The lowest BCUT2D eigenvalue weighted by molar-refractivity contribution is 1.15. The van der Waals surface area contributed by atoms with E-state index < -0.39 is 0 Å². The number of nitrogen functional groups attached to an aromatic ring is 1. The molecular weight excluding hydrogens is 398 g/mol. The number of hydrogen-bond donors (Lipinski definition) is 4. The summed E-state index contributed by atoms with van der Waals surface area (Å²) in [7, 11) is 0.